The quantitative estimate of drug-likeness (QED) is 0.767. The van der Waals surface area contributed by atoms with E-state index in [1.165, 1.54) is 6.07 Å². The van der Waals surface area contributed by atoms with Crippen molar-refractivity contribution >= 4 is 11.9 Å². The van der Waals surface area contributed by atoms with Crippen LogP contribution in [-0.4, -0.2) is 39.9 Å². The van der Waals surface area contributed by atoms with E-state index in [-0.39, 0.29) is 12.5 Å². The summed E-state index contributed by atoms with van der Waals surface area (Å²) in [6.07, 6.45) is 0. The predicted molar refractivity (Wildman–Crippen MR) is 94.9 cm³/mol. The van der Waals surface area contributed by atoms with Crippen molar-refractivity contribution in [1.29, 1.82) is 0 Å². The molecule has 0 spiro atoms. The first-order chi connectivity index (χ1) is 12.3. The van der Waals surface area contributed by atoms with Gasteiger partial charge in [-0.05, 0) is 36.2 Å². The first-order valence-electron chi connectivity index (χ1n) is 8.06. The Morgan fingerprint density at radius 3 is 2.38 bits per heavy atom. The van der Waals surface area contributed by atoms with Gasteiger partial charge in [0, 0.05) is 11.6 Å². The SMILES string of the molecule is COc1ccc(-c2ccc(=O)n(CC(=O)N[C@@H](C(=O)O)C(C)C)n2)cc1. The predicted octanol–water partition coefficient (Wildman–Crippen LogP) is 1.14. The molecule has 1 aromatic heterocycles. The highest BCUT2D eigenvalue weighted by molar-refractivity contribution is 5.83. The van der Waals surface area contributed by atoms with Gasteiger partial charge in [0.15, 0.2) is 0 Å². The average molecular weight is 359 g/mol. The van der Waals surface area contributed by atoms with Crippen LogP contribution in [0.15, 0.2) is 41.2 Å². The molecule has 2 aromatic rings. The molecular weight excluding hydrogens is 338 g/mol. The van der Waals surface area contributed by atoms with Gasteiger partial charge in [0.1, 0.15) is 18.3 Å². The number of carbonyl (C=O) groups excluding carboxylic acids is 1. The van der Waals surface area contributed by atoms with Gasteiger partial charge in [0.2, 0.25) is 5.91 Å². The third-order valence-electron chi connectivity index (χ3n) is 3.79. The highest BCUT2D eigenvalue weighted by Gasteiger charge is 2.23. The molecule has 1 heterocycles. The third kappa shape index (κ3) is 4.69. The van der Waals surface area contributed by atoms with Crippen LogP contribution >= 0.6 is 0 Å². The number of carboxylic acids is 1. The zero-order valence-corrected chi connectivity index (χ0v) is 14.8. The molecule has 0 unspecified atom stereocenters. The molecule has 0 aliphatic carbocycles. The van der Waals surface area contributed by atoms with Crippen molar-refractivity contribution in [3.8, 4) is 17.0 Å². The Bertz CT molecular complexity index is 843. The molecule has 0 saturated heterocycles. The van der Waals surface area contributed by atoms with Crippen molar-refractivity contribution in [1.82, 2.24) is 15.1 Å². The first kappa shape index (κ1) is 19.2. The van der Waals surface area contributed by atoms with Crippen LogP contribution in [0.25, 0.3) is 11.3 Å². The lowest BCUT2D eigenvalue weighted by Gasteiger charge is -2.18. The zero-order chi connectivity index (χ0) is 19.3. The summed E-state index contributed by atoms with van der Waals surface area (Å²) in [5.41, 5.74) is 0.818. The van der Waals surface area contributed by atoms with Crippen LogP contribution in [0.1, 0.15) is 13.8 Å². The second-order valence-corrected chi connectivity index (χ2v) is 6.07. The molecule has 0 saturated carbocycles. The van der Waals surface area contributed by atoms with E-state index in [9.17, 15) is 14.4 Å². The number of aliphatic carboxylic acids is 1. The molecule has 1 atom stereocenters. The molecule has 2 N–H and O–H groups in total. The number of methoxy groups -OCH3 is 1. The molecule has 8 heteroatoms. The van der Waals surface area contributed by atoms with Gasteiger partial charge in [-0.2, -0.15) is 5.10 Å². The van der Waals surface area contributed by atoms with Crippen LogP contribution in [0, 0.1) is 5.92 Å². The fourth-order valence-corrected chi connectivity index (χ4v) is 2.35. The summed E-state index contributed by atoms with van der Waals surface area (Å²) < 4.78 is 6.11. The summed E-state index contributed by atoms with van der Waals surface area (Å²) in [7, 11) is 1.56. The Morgan fingerprint density at radius 1 is 1.19 bits per heavy atom. The fraction of sp³-hybridized carbons (Fsp3) is 0.333. The summed E-state index contributed by atoms with van der Waals surface area (Å²) in [5.74, 6) is -1.31. The molecular formula is C18H21N3O5. The molecule has 138 valence electrons. The van der Waals surface area contributed by atoms with E-state index in [0.29, 0.717) is 11.4 Å². The molecule has 2 rings (SSSR count). The smallest absolute Gasteiger partial charge is 0.326 e. The van der Waals surface area contributed by atoms with Crippen molar-refractivity contribution in [3.05, 3.63) is 46.8 Å². The Kier molecular flexibility index (Phi) is 6.11. The van der Waals surface area contributed by atoms with E-state index >= 15 is 0 Å². The van der Waals surface area contributed by atoms with Crippen LogP contribution in [0.2, 0.25) is 0 Å². The maximum Gasteiger partial charge on any atom is 0.326 e. The Labute approximate surface area is 150 Å². The van der Waals surface area contributed by atoms with E-state index < -0.39 is 23.5 Å². The number of carboxylic acid groups (broad SMARTS) is 1. The Morgan fingerprint density at radius 2 is 1.85 bits per heavy atom. The first-order valence-corrected chi connectivity index (χ1v) is 8.06. The number of hydrogen-bond acceptors (Lipinski definition) is 5. The topological polar surface area (TPSA) is 111 Å². The normalized spacial score (nSPS) is 11.8. The number of carbonyl (C=O) groups is 2. The number of rotatable bonds is 7. The minimum Gasteiger partial charge on any atom is -0.497 e. The van der Waals surface area contributed by atoms with E-state index in [1.54, 1.807) is 51.3 Å². The van der Waals surface area contributed by atoms with Crippen LogP contribution in [0.4, 0.5) is 0 Å². The maximum atomic E-state index is 12.1. The molecule has 0 bridgehead atoms. The van der Waals surface area contributed by atoms with Gasteiger partial charge in [0.05, 0.1) is 12.8 Å². The lowest BCUT2D eigenvalue weighted by Crippen LogP contribution is -2.46. The molecule has 0 aliphatic rings. The standard InChI is InChI=1S/C18H21N3O5/c1-11(2)17(18(24)25)19-15(22)10-21-16(23)9-8-14(20-21)12-4-6-13(26-3)7-5-12/h4-9,11,17H,10H2,1-3H3,(H,19,22)(H,24,25)/t17-/m1/s1. The zero-order valence-electron chi connectivity index (χ0n) is 14.8. The lowest BCUT2D eigenvalue weighted by atomic mass is 10.1. The summed E-state index contributed by atoms with van der Waals surface area (Å²) in [6, 6.07) is 8.95. The molecule has 1 aromatic carbocycles. The molecule has 0 fully saturated rings. The van der Waals surface area contributed by atoms with Crippen molar-refractivity contribution in [2.45, 2.75) is 26.4 Å². The lowest BCUT2D eigenvalue weighted by molar-refractivity contribution is -0.143. The second-order valence-electron chi connectivity index (χ2n) is 6.07. The van der Waals surface area contributed by atoms with E-state index in [1.807, 2.05) is 0 Å². The number of ether oxygens (including phenoxy) is 1. The van der Waals surface area contributed by atoms with E-state index in [0.717, 1.165) is 10.2 Å². The van der Waals surface area contributed by atoms with Crippen LogP contribution < -0.4 is 15.6 Å². The Balaban J connectivity index is 2.20. The van der Waals surface area contributed by atoms with Crippen LogP contribution in [-0.2, 0) is 16.1 Å². The summed E-state index contributed by atoms with van der Waals surface area (Å²) in [4.78, 5) is 35.3. The van der Waals surface area contributed by atoms with Crippen molar-refractivity contribution < 1.29 is 19.4 Å². The van der Waals surface area contributed by atoms with E-state index in [2.05, 4.69) is 10.4 Å². The van der Waals surface area contributed by atoms with Gasteiger partial charge in [-0.25, -0.2) is 9.48 Å². The highest BCUT2D eigenvalue weighted by atomic mass is 16.5. The average Bonchev–Trinajstić information content (AvgIpc) is 2.61. The molecule has 1 amide bonds. The van der Waals surface area contributed by atoms with Gasteiger partial charge in [0.25, 0.3) is 5.56 Å². The van der Waals surface area contributed by atoms with E-state index in [4.69, 9.17) is 9.84 Å². The van der Waals surface area contributed by atoms with Gasteiger partial charge in [-0.15, -0.1) is 0 Å². The number of benzene rings is 1. The molecule has 0 aliphatic heterocycles. The largest absolute Gasteiger partial charge is 0.497 e. The highest BCUT2D eigenvalue weighted by Crippen LogP contribution is 2.19. The minimum absolute atomic E-state index is 0.285. The van der Waals surface area contributed by atoms with Crippen molar-refractivity contribution in [2.75, 3.05) is 7.11 Å². The maximum absolute atomic E-state index is 12.1. The van der Waals surface area contributed by atoms with Crippen LogP contribution in [0.3, 0.4) is 0 Å². The fourth-order valence-electron chi connectivity index (χ4n) is 2.35. The number of aromatic nitrogens is 2. The van der Waals surface area contributed by atoms with Gasteiger partial charge >= 0.3 is 5.97 Å². The monoisotopic (exact) mass is 359 g/mol. The molecule has 26 heavy (non-hydrogen) atoms. The number of nitrogens with one attached hydrogen (secondary N) is 1. The van der Waals surface area contributed by atoms with Gasteiger partial charge < -0.3 is 15.2 Å². The summed E-state index contributed by atoms with van der Waals surface area (Å²) >= 11 is 0. The van der Waals surface area contributed by atoms with Gasteiger partial charge in [-0.1, -0.05) is 13.8 Å². The second kappa shape index (κ2) is 8.28. The summed E-state index contributed by atoms with van der Waals surface area (Å²) in [6.45, 7) is 3.01. The minimum atomic E-state index is -1.12. The molecule has 0 radical (unpaired) electrons. The van der Waals surface area contributed by atoms with Gasteiger partial charge in [-0.3, -0.25) is 9.59 Å². The number of amides is 1. The Hall–Kier alpha value is -3.16. The number of hydrogen-bond donors (Lipinski definition) is 2. The van der Waals surface area contributed by atoms with Crippen molar-refractivity contribution in [2.24, 2.45) is 5.92 Å². The third-order valence-corrected chi connectivity index (χ3v) is 3.79. The summed E-state index contributed by atoms with van der Waals surface area (Å²) in [5, 5.41) is 15.7. The van der Waals surface area contributed by atoms with Crippen LogP contribution in [0.5, 0.6) is 5.75 Å². The molecule has 8 nitrogen and oxygen atoms in total. The van der Waals surface area contributed by atoms with Crippen molar-refractivity contribution in [3.63, 3.8) is 0 Å². The number of nitrogens with zero attached hydrogens (tertiary/aromatic N) is 2.